The highest BCUT2D eigenvalue weighted by Crippen LogP contribution is 2.38. The molecule has 0 aliphatic heterocycles. The smallest absolute Gasteiger partial charge is 0.207 e. The molecule has 3 aromatic rings. The monoisotopic (exact) mass is 332 g/mol. The van der Waals surface area contributed by atoms with E-state index < -0.39 is 5.60 Å². The number of benzene rings is 3. The van der Waals surface area contributed by atoms with E-state index in [0.29, 0.717) is 11.3 Å². The van der Waals surface area contributed by atoms with E-state index in [-0.39, 0.29) is 5.78 Å². The summed E-state index contributed by atoms with van der Waals surface area (Å²) in [6, 6.07) is 26.3. The van der Waals surface area contributed by atoms with Crippen LogP contribution in [-0.2, 0) is 10.3 Å². The van der Waals surface area contributed by atoms with Crippen LogP contribution < -0.4 is 4.74 Å². The Morgan fingerprint density at radius 1 is 0.720 bits per heavy atom. The number of rotatable bonds is 6. The molecule has 0 saturated heterocycles. The van der Waals surface area contributed by atoms with Gasteiger partial charge in [-0.05, 0) is 23.3 Å². The molecule has 25 heavy (non-hydrogen) atoms. The molecule has 0 bridgehead atoms. The standard InChI is InChI=1S/C22H20O3/c1-24-20-16-10-9-15-19(20)21(23)22(25-2,17-11-5-3-6-12-17)18-13-7-4-8-14-18/h3-16H,1-2H3. The molecule has 0 fully saturated rings. The van der Waals surface area contributed by atoms with Crippen LogP contribution in [0.1, 0.15) is 21.5 Å². The van der Waals surface area contributed by atoms with Crippen molar-refractivity contribution >= 4 is 5.78 Å². The lowest BCUT2D eigenvalue weighted by Crippen LogP contribution is -2.39. The fourth-order valence-electron chi connectivity index (χ4n) is 3.12. The summed E-state index contributed by atoms with van der Waals surface area (Å²) in [6.45, 7) is 0. The summed E-state index contributed by atoms with van der Waals surface area (Å²) in [5.41, 5.74) is 0.802. The van der Waals surface area contributed by atoms with Crippen LogP contribution in [0.5, 0.6) is 5.75 Å². The van der Waals surface area contributed by atoms with Gasteiger partial charge in [-0.25, -0.2) is 0 Å². The molecule has 3 rings (SSSR count). The molecule has 3 heteroatoms. The normalized spacial score (nSPS) is 11.1. The van der Waals surface area contributed by atoms with Crippen molar-refractivity contribution in [1.82, 2.24) is 0 Å². The van der Waals surface area contributed by atoms with Gasteiger partial charge in [0, 0.05) is 7.11 Å². The largest absolute Gasteiger partial charge is 0.496 e. The average molecular weight is 332 g/mol. The lowest BCUT2D eigenvalue weighted by Gasteiger charge is -2.32. The average Bonchev–Trinajstić information content (AvgIpc) is 2.70. The zero-order valence-corrected chi connectivity index (χ0v) is 14.3. The molecule has 0 atom stereocenters. The fraction of sp³-hybridized carbons (Fsp3) is 0.136. The summed E-state index contributed by atoms with van der Waals surface area (Å²) in [5.74, 6) is 0.366. The summed E-state index contributed by atoms with van der Waals surface area (Å²) < 4.78 is 11.3. The summed E-state index contributed by atoms with van der Waals surface area (Å²) in [4.78, 5) is 13.7. The molecule has 3 nitrogen and oxygen atoms in total. The number of para-hydroxylation sites is 1. The van der Waals surface area contributed by atoms with Gasteiger partial charge in [0.25, 0.3) is 0 Å². The highest BCUT2D eigenvalue weighted by molar-refractivity contribution is 6.07. The molecule has 0 radical (unpaired) electrons. The number of carbonyl (C=O) groups is 1. The Hall–Kier alpha value is -2.91. The first-order valence-electron chi connectivity index (χ1n) is 8.08. The second-order valence-corrected chi connectivity index (χ2v) is 5.65. The van der Waals surface area contributed by atoms with Crippen molar-refractivity contribution in [3.8, 4) is 5.75 Å². The van der Waals surface area contributed by atoms with Crippen molar-refractivity contribution in [1.29, 1.82) is 0 Å². The molecular formula is C22H20O3. The molecule has 126 valence electrons. The van der Waals surface area contributed by atoms with Gasteiger partial charge in [-0.2, -0.15) is 0 Å². The number of ether oxygens (including phenoxy) is 2. The van der Waals surface area contributed by atoms with Gasteiger partial charge < -0.3 is 9.47 Å². The van der Waals surface area contributed by atoms with Gasteiger partial charge >= 0.3 is 0 Å². The van der Waals surface area contributed by atoms with Crippen molar-refractivity contribution in [2.75, 3.05) is 14.2 Å². The number of carbonyl (C=O) groups excluding carboxylic acids is 1. The van der Waals surface area contributed by atoms with Gasteiger partial charge in [-0.1, -0.05) is 72.8 Å². The summed E-state index contributed by atoms with van der Waals surface area (Å²) in [7, 11) is 3.12. The topological polar surface area (TPSA) is 35.5 Å². The van der Waals surface area contributed by atoms with E-state index in [1.807, 2.05) is 72.8 Å². The van der Waals surface area contributed by atoms with E-state index in [1.54, 1.807) is 26.4 Å². The predicted molar refractivity (Wildman–Crippen MR) is 98.0 cm³/mol. The predicted octanol–water partition coefficient (Wildman–Crippen LogP) is 4.47. The Kier molecular flexibility index (Phi) is 4.96. The molecule has 0 unspecified atom stereocenters. The van der Waals surface area contributed by atoms with E-state index >= 15 is 0 Å². The van der Waals surface area contributed by atoms with Crippen molar-refractivity contribution in [2.45, 2.75) is 5.60 Å². The van der Waals surface area contributed by atoms with Crippen molar-refractivity contribution in [2.24, 2.45) is 0 Å². The van der Waals surface area contributed by atoms with E-state index in [9.17, 15) is 4.79 Å². The second kappa shape index (κ2) is 7.32. The highest BCUT2D eigenvalue weighted by atomic mass is 16.5. The van der Waals surface area contributed by atoms with E-state index in [0.717, 1.165) is 11.1 Å². The molecule has 0 heterocycles. The van der Waals surface area contributed by atoms with E-state index in [2.05, 4.69) is 0 Å². The first-order valence-corrected chi connectivity index (χ1v) is 8.08. The summed E-state index contributed by atoms with van der Waals surface area (Å²) >= 11 is 0. The maximum atomic E-state index is 13.7. The minimum atomic E-state index is -1.24. The Morgan fingerprint density at radius 3 is 1.68 bits per heavy atom. The van der Waals surface area contributed by atoms with Crippen molar-refractivity contribution in [3.63, 3.8) is 0 Å². The van der Waals surface area contributed by atoms with Crippen LogP contribution in [0.3, 0.4) is 0 Å². The van der Waals surface area contributed by atoms with E-state index in [1.165, 1.54) is 0 Å². The Labute approximate surface area is 147 Å². The number of methoxy groups -OCH3 is 2. The second-order valence-electron chi connectivity index (χ2n) is 5.65. The summed E-state index contributed by atoms with van der Waals surface area (Å²) in [5, 5.41) is 0. The van der Waals surface area contributed by atoms with Gasteiger partial charge in [0.1, 0.15) is 5.75 Å². The van der Waals surface area contributed by atoms with Crippen LogP contribution in [0, 0.1) is 0 Å². The van der Waals surface area contributed by atoms with Gasteiger partial charge in [0.2, 0.25) is 5.78 Å². The third-order valence-corrected chi connectivity index (χ3v) is 4.34. The molecule has 0 N–H and O–H groups in total. The van der Waals surface area contributed by atoms with Gasteiger partial charge in [-0.15, -0.1) is 0 Å². The van der Waals surface area contributed by atoms with Crippen LogP contribution in [0.2, 0.25) is 0 Å². The zero-order valence-electron chi connectivity index (χ0n) is 14.3. The quantitative estimate of drug-likeness (QED) is 0.625. The van der Waals surface area contributed by atoms with Crippen LogP contribution in [-0.4, -0.2) is 20.0 Å². The SMILES string of the molecule is COc1ccccc1C(=O)C(OC)(c1ccccc1)c1ccccc1. The van der Waals surface area contributed by atoms with Crippen LogP contribution in [0.15, 0.2) is 84.9 Å². The lowest BCUT2D eigenvalue weighted by atomic mass is 9.79. The first-order chi connectivity index (χ1) is 12.2. The van der Waals surface area contributed by atoms with Crippen molar-refractivity contribution in [3.05, 3.63) is 102 Å². The molecule has 0 saturated carbocycles. The third-order valence-electron chi connectivity index (χ3n) is 4.34. The molecule has 0 amide bonds. The molecular weight excluding hydrogens is 312 g/mol. The lowest BCUT2D eigenvalue weighted by molar-refractivity contribution is 0.0222. The summed E-state index contributed by atoms with van der Waals surface area (Å²) in [6.07, 6.45) is 0. The molecule has 0 aromatic heterocycles. The number of hydrogen-bond acceptors (Lipinski definition) is 3. The highest BCUT2D eigenvalue weighted by Gasteiger charge is 2.43. The van der Waals surface area contributed by atoms with Crippen LogP contribution in [0.25, 0.3) is 0 Å². The molecule has 0 spiro atoms. The zero-order chi connectivity index (χ0) is 17.7. The molecule has 0 aliphatic carbocycles. The number of hydrogen-bond donors (Lipinski definition) is 0. The first kappa shape index (κ1) is 16.9. The van der Waals surface area contributed by atoms with Gasteiger partial charge in [0.15, 0.2) is 5.60 Å². The Balaban J connectivity index is 2.26. The number of ketones is 1. The van der Waals surface area contributed by atoms with Crippen LogP contribution >= 0.6 is 0 Å². The third kappa shape index (κ3) is 2.94. The Bertz CT molecular complexity index is 802. The minimum absolute atomic E-state index is 0.162. The van der Waals surface area contributed by atoms with Crippen molar-refractivity contribution < 1.29 is 14.3 Å². The van der Waals surface area contributed by atoms with Gasteiger partial charge in [0.05, 0.1) is 12.7 Å². The molecule has 3 aromatic carbocycles. The van der Waals surface area contributed by atoms with Crippen LogP contribution in [0.4, 0.5) is 0 Å². The minimum Gasteiger partial charge on any atom is -0.496 e. The fourth-order valence-corrected chi connectivity index (χ4v) is 3.12. The Morgan fingerprint density at radius 2 is 1.20 bits per heavy atom. The van der Waals surface area contributed by atoms with E-state index in [4.69, 9.17) is 9.47 Å². The molecule has 0 aliphatic rings. The van der Waals surface area contributed by atoms with Gasteiger partial charge in [-0.3, -0.25) is 4.79 Å². The number of Topliss-reactive ketones (excluding diaryl/α,β-unsaturated/α-hetero) is 1. The maximum absolute atomic E-state index is 13.7. The maximum Gasteiger partial charge on any atom is 0.207 e.